The number of carbonyl (C=O) groups excluding carboxylic acids is 1. The summed E-state index contributed by atoms with van der Waals surface area (Å²) in [7, 11) is 0. The van der Waals surface area contributed by atoms with Gasteiger partial charge in [0.05, 0.1) is 0 Å². The number of nitrogens with zero attached hydrogens (tertiary/aromatic N) is 1. The maximum absolute atomic E-state index is 13.5. The van der Waals surface area contributed by atoms with Crippen molar-refractivity contribution in [3.8, 4) is 0 Å². The van der Waals surface area contributed by atoms with E-state index in [0.29, 0.717) is 6.54 Å². The molecule has 0 unspecified atom stereocenters. The number of alkyl halides is 2. The average molecular weight is 435 g/mol. The van der Waals surface area contributed by atoms with Gasteiger partial charge in [0.25, 0.3) is 0 Å². The van der Waals surface area contributed by atoms with Crippen molar-refractivity contribution < 1.29 is 18.0 Å². The number of hydrogen-bond donors (Lipinski definition) is 1. The highest BCUT2D eigenvalue weighted by atomic mass is 32.2. The van der Waals surface area contributed by atoms with E-state index >= 15 is 0 Å². The van der Waals surface area contributed by atoms with Crippen LogP contribution >= 0.6 is 11.8 Å². The third-order valence-corrected chi connectivity index (χ3v) is 6.88. The summed E-state index contributed by atoms with van der Waals surface area (Å²) in [5, 5.41) is 2.92. The number of halogens is 3. The molecule has 0 atom stereocenters. The molecule has 0 bridgehead atoms. The zero-order chi connectivity index (χ0) is 21.5. The zero-order valence-corrected chi connectivity index (χ0v) is 17.9. The van der Waals surface area contributed by atoms with Crippen LogP contribution in [0.5, 0.6) is 0 Å². The summed E-state index contributed by atoms with van der Waals surface area (Å²) in [5.41, 5.74) is 4.78. The molecular weight excluding hydrogens is 409 g/mol. The molecule has 1 N–H and O–H groups in total. The number of carbonyl (C=O) groups is 1. The van der Waals surface area contributed by atoms with Gasteiger partial charge in [-0.2, -0.15) is 0 Å². The molecule has 30 heavy (non-hydrogen) atoms. The molecule has 0 saturated heterocycles. The van der Waals surface area contributed by atoms with E-state index < -0.39 is 5.92 Å². The van der Waals surface area contributed by atoms with Crippen LogP contribution < -0.4 is 10.2 Å². The molecule has 1 amide bonds. The van der Waals surface area contributed by atoms with Gasteiger partial charge in [-0.05, 0) is 60.7 Å². The Morgan fingerprint density at radius 3 is 2.57 bits per heavy atom. The van der Waals surface area contributed by atoms with Crippen LogP contribution in [0, 0.1) is 25.6 Å². The van der Waals surface area contributed by atoms with Gasteiger partial charge < -0.3 is 10.2 Å². The third kappa shape index (κ3) is 4.61. The van der Waals surface area contributed by atoms with Gasteiger partial charge in [-0.25, -0.2) is 13.2 Å². The van der Waals surface area contributed by atoms with Crippen molar-refractivity contribution in [3.63, 3.8) is 0 Å². The minimum Gasteiger partial charge on any atom is -0.366 e. The summed E-state index contributed by atoms with van der Waals surface area (Å²) in [5.74, 6) is -2.41. The van der Waals surface area contributed by atoms with Crippen LogP contribution in [0.25, 0.3) is 0 Å². The highest BCUT2D eigenvalue weighted by molar-refractivity contribution is 7.99. The lowest BCUT2D eigenvalue weighted by Crippen LogP contribution is -2.37. The van der Waals surface area contributed by atoms with Crippen molar-refractivity contribution in [1.29, 1.82) is 0 Å². The second-order valence-electron chi connectivity index (χ2n) is 8.36. The van der Waals surface area contributed by atoms with Gasteiger partial charge in [0, 0.05) is 54.4 Å². The predicted molar refractivity (Wildman–Crippen MR) is 115 cm³/mol. The smallest absolute Gasteiger partial charge is 0.248 e. The lowest BCUT2D eigenvalue weighted by Gasteiger charge is -2.34. The standard InChI is InChI=1S/C23H25F3N2OS/c1-14-7-19(28-5-6-30-20-10-18(24)4-3-17(20)13-28)8-15(2)22(14)27-21(29)9-16-11-23(25,26)12-16/h3-4,7-8,10,16H,5-6,9,11-13H2,1-2H3,(H,27,29). The molecule has 1 aliphatic carbocycles. The molecule has 2 aromatic rings. The first-order valence-electron chi connectivity index (χ1n) is 10.2. The topological polar surface area (TPSA) is 32.3 Å². The van der Waals surface area contributed by atoms with Gasteiger partial charge in [-0.15, -0.1) is 11.8 Å². The second-order valence-corrected chi connectivity index (χ2v) is 9.50. The lowest BCUT2D eigenvalue weighted by molar-refractivity contribution is -0.129. The highest BCUT2D eigenvalue weighted by Gasteiger charge is 2.45. The van der Waals surface area contributed by atoms with E-state index in [-0.39, 0.29) is 36.9 Å². The number of rotatable bonds is 4. The number of amides is 1. The zero-order valence-electron chi connectivity index (χ0n) is 17.1. The highest BCUT2D eigenvalue weighted by Crippen LogP contribution is 2.44. The first-order chi connectivity index (χ1) is 14.2. The van der Waals surface area contributed by atoms with Crippen LogP contribution in [0.15, 0.2) is 35.2 Å². The maximum Gasteiger partial charge on any atom is 0.248 e. The minimum absolute atomic E-state index is 0.132. The number of hydrogen-bond acceptors (Lipinski definition) is 3. The summed E-state index contributed by atoms with van der Waals surface area (Å²) in [6, 6.07) is 9.01. The normalized spacial score (nSPS) is 18.4. The van der Waals surface area contributed by atoms with E-state index in [4.69, 9.17) is 0 Å². The van der Waals surface area contributed by atoms with Crippen molar-refractivity contribution in [1.82, 2.24) is 0 Å². The Morgan fingerprint density at radius 2 is 1.90 bits per heavy atom. The number of nitrogens with one attached hydrogen (secondary N) is 1. The number of thioether (sulfide) groups is 1. The first kappa shape index (κ1) is 21.1. The molecule has 2 aromatic carbocycles. The Balaban J connectivity index is 1.47. The van der Waals surface area contributed by atoms with Gasteiger partial charge in [-0.1, -0.05) is 6.07 Å². The monoisotopic (exact) mass is 434 g/mol. The van der Waals surface area contributed by atoms with Crippen LogP contribution in [0.1, 0.15) is 36.0 Å². The van der Waals surface area contributed by atoms with Crippen LogP contribution in [0.3, 0.4) is 0 Å². The third-order valence-electron chi connectivity index (χ3n) is 5.80. The van der Waals surface area contributed by atoms with Crippen LogP contribution in [0.2, 0.25) is 0 Å². The average Bonchev–Trinajstić information content (AvgIpc) is 2.85. The molecule has 4 rings (SSSR count). The fourth-order valence-electron chi connectivity index (χ4n) is 4.27. The van der Waals surface area contributed by atoms with Gasteiger partial charge in [-0.3, -0.25) is 4.79 Å². The molecule has 0 spiro atoms. The van der Waals surface area contributed by atoms with E-state index in [1.54, 1.807) is 17.8 Å². The Bertz CT molecular complexity index is 948. The van der Waals surface area contributed by atoms with Crippen molar-refractivity contribution in [3.05, 3.63) is 52.8 Å². The van der Waals surface area contributed by atoms with Crippen LogP contribution in [-0.4, -0.2) is 24.1 Å². The molecule has 3 nitrogen and oxygen atoms in total. The Kier molecular flexibility index (Phi) is 5.75. The fraction of sp³-hybridized carbons (Fsp3) is 0.435. The van der Waals surface area contributed by atoms with Crippen molar-refractivity contribution in [2.75, 3.05) is 22.5 Å². The molecule has 160 valence electrons. The van der Waals surface area contributed by atoms with Gasteiger partial charge >= 0.3 is 0 Å². The van der Waals surface area contributed by atoms with Crippen molar-refractivity contribution in [2.45, 2.75) is 50.5 Å². The lowest BCUT2D eigenvalue weighted by atomic mass is 9.79. The molecule has 0 radical (unpaired) electrons. The molecule has 1 fully saturated rings. The Morgan fingerprint density at radius 1 is 1.20 bits per heavy atom. The summed E-state index contributed by atoms with van der Waals surface area (Å²) in [6.45, 7) is 5.42. The van der Waals surface area contributed by atoms with Gasteiger partial charge in [0.1, 0.15) is 5.82 Å². The number of aryl methyl sites for hydroxylation is 2. The Hall–Kier alpha value is -2.15. The first-order valence-corrected chi connectivity index (χ1v) is 11.1. The van der Waals surface area contributed by atoms with E-state index in [9.17, 15) is 18.0 Å². The SMILES string of the molecule is Cc1cc(N2CCSc3cc(F)ccc3C2)cc(C)c1NC(=O)CC1CC(F)(F)C1. The maximum atomic E-state index is 13.5. The summed E-state index contributed by atoms with van der Waals surface area (Å²) in [6.07, 6.45) is -0.266. The molecule has 2 aliphatic rings. The molecule has 0 aromatic heterocycles. The number of anilines is 2. The van der Waals surface area contributed by atoms with E-state index in [2.05, 4.69) is 10.2 Å². The van der Waals surface area contributed by atoms with Gasteiger partial charge in [0.15, 0.2) is 0 Å². The minimum atomic E-state index is -2.60. The number of benzene rings is 2. The van der Waals surface area contributed by atoms with E-state index in [1.807, 2.05) is 32.0 Å². The van der Waals surface area contributed by atoms with Crippen LogP contribution in [0.4, 0.5) is 24.5 Å². The predicted octanol–water partition coefficient (Wildman–Crippen LogP) is 5.93. The summed E-state index contributed by atoms with van der Waals surface area (Å²) < 4.78 is 39.5. The summed E-state index contributed by atoms with van der Waals surface area (Å²) >= 11 is 1.66. The fourth-order valence-corrected chi connectivity index (χ4v) is 5.31. The molecule has 7 heteroatoms. The number of fused-ring (bicyclic) bond motifs is 1. The van der Waals surface area contributed by atoms with Crippen molar-refractivity contribution >= 4 is 29.0 Å². The molecule has 1 aliphatic heterocycles. The second kappa shape index (κ2) is 8.17. The van der Waals surface area contributed by atoms with Crippen LogP contribution in [-0.2, 0) is 11.3 Å². The van der Waals surface area contributed by atoms with E-state index in [1.165, 1.54) is 6.07 Å². The molecule has 1 saturated carbocycles. The van der Waals surface area contributed by atoms with Crippen molar-refractivity contribution in [2.24, 2.45) is 5.92 Å². The molecular formula is C23H25F3N2OS. The largest absolute Gasteiger partial charge is 0.366 e. The quantitative estimate of drug-likeness (QED) is 0.647. The Labute approximate surface area is 179 Å². The summed E-state index contributed by atoms with van der Waals surface area (Å²) in [4.78, 5) is 15.6. The van der Waals surface area contributed by atoms with E-state index in [0.717, 1.165) is 45.3 Å². The van der Waals surface area contributed by atoms with Gasteiger partial charge in [0.2, 0.25) is 11.8 Å². The molecule has 1 heterocycles.